The molecule has 3 amide bonds. The first-order valence-corrected chi connectivity index (χ1v) is 17.2. The predicted molar refractivity (Wildman–Crippen MR) is 174 cm³/mol. The number of benzene rings is 3. The van der Waals surface area contributed by atoms with Crippen LogP contribution in [0.5, 0.6) is 0 Å². The van der Waals surface area contributed by atoms with E-state index in [0.29, 0.717) is 5.56 Å². The Balaban J connectivity index is 1.03. The number of carbonyl (C=O) groups excluding carboxylic acids is 3. The number of hydrogen-bond donors (Lipinski definition) is 1. The van der Waals surface area contributed by atoms with Gasteiger partial charge in [0.25, 0.3) is 21.8 Å². The number of piperidine rings is 1. The highest BCUT2D eigenvalue weighted by molar-refractivity contribution is 7.90. The number of sulfonamides is 1. The number of imide groups is 1. The minimum Gasteiger partial charge on any atom is -0.569 e. The molecule has 0 spiro atoms. The molecule has 0 bridgehead atoms. The van der Waals surface area contributed by atoms with Crippen LogP contribution in [-0.4, -0.2) is 76.4 Å². The van der Waals surface area contributed by atoms with Crippen molar-refractivity contribution < 1.29 is 50.5 Å². The van der Waals surface area contributed by atoms with E-state index in [1.807, 2.05) is 11.6 Å². The Morgan fingerprint density at radius 2 is 1.60 bits per heavy atom. The molecule has 2 aliphatic rings. The molecule has 52 heavy (non-hydrogen) atoms. The number of fused-ring (bicyclic) bond motifs is 1. The minimum absolute atomic E-state index is 0.0397. The van der Waals surface area contributed by atoms with Gasteiger partial charge in [-0.25, -0.2) is 27.5 Å². The fraction of sp³-hybridized carbons (Fsp3) is 0.273. The van der Waals surface area contributed by atoms with Crippen molar-refractivity contribution in [3.05, 3.63) is 106 Å². The highest BCUT2D eigenvalue weighted by Crippen LogP contribution is 2.33. The van der Waals surface area contributed by atoms with E-state index in [0.717, 1.165) is 33.3 Å². The summed E-state index contributed by atoms with van der Waals surface area (Å²) in [6.07, 6.45) is -7.69. The number of carbonyl (C=O) groups is 3. The van der Waals surface area contributed by atoms with Crippen molar-refractivity contribution in [1.29, 1.82) is 0 Å². The molecule has 1 saturated heterocycles. The molecule has 1 aromatic heterocycles. The second kappa shape index (κ2) is 14.0. The third-order valence-corrected chi connectivity index (χ3v) is 9.68. The van der Waals surface area contributed by atoms with Crippen LogP contribution in [0.1, 0.15) is 51.7 Å². The Kier molecular flexibility index (Phi) is 9.63. The summed E-state index contributed by atoms with van der Waals surface area (Å²) in [4.78, 5) is 43.5. The average molecular weight is 742 g/mol. The number of ether oxygens (including phenoxy) is 1. The second-order valence-electron chi connectivity index (χ2n) is 11.9. The molecule has 1 fully saturated rings. The number of alkyl halides is 3. The lowest BCUT2D eigenvalue weighted by atomic mass is 10.1. The zero-order chi connectivity index (χ0) is 37.4. The molecule has 0 aliphatic carbocycles. The predicted octanol–water partition coefficient (Wildman–Crippen LogP) is 5.20. The normalized spacial score (nSPS) is 16.1. The van der Waals surface area contributed by atoms with Gasteiger partial charge in [-0.15, -0.1) is 5.01 Å². The number of hydrogen-bond acceptors (Lipinski definition) is 10. The Morgan fingerprint density at radius 3 is 2.17 bits per heavy atom. The van der Waals surface area contributed by atoms with Crippen molar-refractivity contribution in [2.24, 2.45) is 5.28 Å². The first kappa shape index (κ1) is 35.8. The van der Waals surface area contributed by atoms with E-state index in [4.69, 9.17) is 9.57 Å². The molecule has 2 aliphatic heterocycles. The van der Waals surface area contributed by atoms with Crippen molar-refractivity contribution in [2.75, 3.05) is 13.1 Å². The van der Waals surface area contributed by atoms with E-state index in [1.54, 1.807) is 36.4 Å². The van der Waals surface area contributed by atoms with Crippen LogP contribution in [0.15, 0.2) is 89.0 Å². The van der Waals surface area contributed by atoms with Gasteiger partial charge in [0.2, 0.25) is 11.5 Å². The highest BCUT2D eigenvalue weighted by atomic mass is 32.2. The molecular weight excluding hydrogens is 711 g/mol. The molecule has 15 nitrogen and oxygen atoms in total. The number of nitrogens with zero attached hydrogens (tertiary/aromatic N) is 6. The largest absolute Gasteiger partial charge is 0.569 e. The van der Waals surface area contributed by atoms with E-state index in [-0.39, 0.29) is 58.3 Å². The van der Waals surface area contributed by atoms with Crippen LogP contribution in [0.25, 0.3) is 16.9 Å². The lowest BCUT2D eigenvalue weighted by Gasteiger charge is -2.28. The van der Waals surface area contributed by atoms with Gasteiger partial charge in [-0.3, -0.25) is 9.59 Å². The summed E-state index contributed by atoms with van der Waals surface area (Å²) in [5.41, 5.74) is 0.925. The molecule has 1 unspecified atom stereocenters. The van der Waals surface area contributed by atoms with Gasteiger partial charge >= 0.3 is 12.3 Å². The SMILES string of the molecule is Cc1ccc(-c2cc(C(F)(F)F)nn2-c2ccc(S(=O)(=O)NC(=O)OC3CCN([N+]([O-])=NOC(C)N4C(=O)c5ccccc5C4=O)CC3)cc2)cc1. The van der Waals surface area contributed by atoms with Gasteiger partial charge in [-0.05, 0) is 56.3 Å². The number of nitrogens with one attached hydrogen (secondary N) is 1. The Bertz CT molecular complexity index is 2110. The second-order valence-corrected chi connectivity index (χ2v) is 13.6. The number of aromatic nitrogens is 2. The summed E-state index contributed by atoms with van der Waals surface area (Å²) in [7, 11) is -4.45. The van der Waals surface area contributed by atoms with Crippen molar-refractivity contribution in [1.82, 2.24) is 24.4 Å². The van der Waals surface area contributed by atoms with Crippen molar-refractivity contribution in [3.63, 3.8) is 0 Å². The van der Waals surface area contributed by atoms with Gasteiger partial charge in [0.05, 0.1) is 45.5 Å². The van der Waals surface area contributed by atoms with Crippen molar-refractivity contribution in [2.45, 2.75) is 50.1 Å². The van der Waals surface area contributed by atoms with Crippen molar-refractivity contribution >= 4 is 27.9 Å². The molecule has 3 aromatic carbocycles. The van der Waals surface area contributed by atoms with E-state index in [1.165, 1.54) is 36.2 Å². The molecule has 4 aromatic rings. The van der Waals surface area contributed by atoms with Crippen LogP contribution in [0.3, 0.4) is 0 Å². The minimum atomic E-state index is -4.72. The van der Waals surface area contributed by atoms with Gasteiger partial charge in [0.15, 0.2) is 5.69 Å². The zero-order valence-electron chi connectivity index (χ0n) is 27.5. The van der Waals surface area contributed by atoms with Gasteiger partial charge in [-0.1, -0.05) is 42.0 Å². The molecule has 6 rings (SSSR count). The number of hydrazine groups is 1. The smallest absolute Gasteiger partial charge is 0.435 e. The first-order chi connectivity index (χ1) is 24.6. The first-order valence-electron chi connectivity index (χ1n) is 15.8. The van der Waals surface area contributed by atoms with Gasteiger partial charge < -0.3 is 14.8 Å². The number of halogens is 3. The summed E-state index contributed by atoms with van der Waals surface area (Å²) in [5, 5.41) is 20.9. The maximum Gasteiger partial charge on any atom is 0.435 e. The van der Waals surface area contributed by atoms with Crippen LogP contribution in [-0.2, 0) is 25.8 Å². The Labute approximate surface area is 294 Å². The maximum atomic E-state index is 13.6. The van der Waals surface area contributed by atoms with Crippen molar-refractivity contribution in [3.8, 4) is 16.9 Å². The van der Waals surface area contributed by atoms with E-state index in [9.17, 15) is 41.2 Å². The zero-order valence-corrected chi connectivity index (χ0v) is 28.3. The third kappa shape index (κ3) is 7.39. The topological polar surface area (TPSA) is 179 Å². The molecule has 1 atom stereocenters. The monoisotopic (exact) mass is 741 g/mol. The van der Waals surface area contributed by atoms with Gasteiger partial charge in [-0.2, -0.15) is 18.3 Å². The summed E-state index contributed by atoms with van der Waals surface area (Å²) in [6.45, 7) is 3.30. The number of amides is 3. The lowest BCUT2D eigenvalue weighted by Crippen LogP contribution is -2.43. The fourth-order valence-electron chi connectivity index (χ4n) is 5.63. The summed E-state index contributed by atoms with van der Waals surface area (Å²) in [6, 6.07) is 18.6. The van der Waals surface area contributed by atoms with Crippen LogP contribution in [0.4, 0.5) is 18.0 Å². The van der Waals surface area contributed by atoms with E-state index < -0.39 is 52.1 Å². The quantitative estimate of drug-likeness (QED) is 0.104. The van der Waals surface area contributed by atoms with Crippen LogP contribution >= 0.6 is 0 Å². The molecule has 1 N–H and O–H groups in total. The third-order valence-electron chi connectivity index (χ3n) is 8.35. The average Bonchev–Trinajstić information content (AvgIpc) is 3.67. The molecule has 272 valence electrons. The van der Waals surface area contributed by atoms with Gasteiger partial charge in [0, 0.05) is 18.4 Å². The van der Waals surface area contributed by atoms with Crippen LogP contribution in [0, 0.1) is 12.1 Å². The lowest BCUT2D eigenvalue weighted by molar-refractivity contribution is -0.714. The number of rotatable bonds is 9. The van der Waals surface area contributed by atoms with Crippen LogP contribution < -0.4 is 4.72 Å². The summed E-state index contributed by atoms with van der Waals surface area (Å²) < 4.78 is 74.7. The fourth-order valence-corrected chi connectivity index (χ4v) is 6.51. The molecule has 0 radical (unpaired) electrons. The standard InChI is InChI=1S/C33H30F3N7O8S/c1-20-7-9-22(10-8-20)28-19-29(33(34,35)36)37-42(28)23-11-13-25(14-12-23)52(48,49)38-32(46)50-24-15-17-40(18-16-24)43(47)39-51-21(2)41-30(44)26-5-3-4-6-27(26)31(41)45/h3-14,19,21,24H,15-18H2,1-2H3,(H,38,46). The maximum absolute atomic E-state index is 13.6. The van der Waals surface area contributed by atoms with Gasteiger partial charge in [0.1, 0.15) is 6.10 Å². The highest BCUT2D eigenvalue weighted by Gasteiger charge is 2.40. The van der Waals surface area contributed by atoms with E-state index in [2.05, 4.69) is 10.4 Å². The van der Waals surface area contributed by atoms with E-state index >= 15 is 0 Å². The Hall–Kier alpha value is -5.98. The summed E-state index contributed by atoms with van der Waals surface area (Å²) in [5.74, 6) is -1.17. The Morgan fingerprint density at radius 1 is 1.00 bits per heavy atom. The summed E-state index contributed by atoms with van der Waals surface area (Å²) >= 11 is 0. The molecular formula is C33H30F3N7O8S. The number of aryl methyl sites for hydroxylation is 1. The molecule has 3 heterocycles. The molecule has 0 saturated carbocycles. The molecule has 19 heteroatoms. The van der Waals surface area contributed by atoms with Crippen LogP contribution in [0.2, 0.25) is 0 Å².